The van der Waals surface area contributed by atoms with Crippen LogP contribution in [0.4, 0.5) is 8.78 Å². The van der Waals surface area contributed by atoms with Crippen molar-refractivity contribution < 1.29 is 8.78 Å². The van der Waals surface area contributed by atoms with Crippen molar-refractivity contribution in [2.45, 2.75) is 0 Å². The van der Waals surface area contributed by atoms with Crippen LogP contribution in [0.3, 0.4) is 0 Å². The van der Waals surface area contributed by atoms with E-state index in [0.717, 1.165) is 6.07 Å². The molecule has 1 nitrogen and oxygen atoms in total. The van der Waals surface area contributed by atoms with Gasteiger partial charge in [-0.1, -0.05) is 11.6 Å². The summed E-state index contributed by atoms with van der Waals surface area (Å²) in [4.78, 5) is 3.85. The highest BCUT2D eigenvalue weighted by molar-refractivity contribution is 6.35. The lowest BCUT2D eigenvalue weighted by molar-refractivity contribution is 0.517. The first-order valence-electron chi connectivity index (χ1n) is 3.58. The third-order valence-corrected chi connectivity index (χ3v) is 2.06. The third kappa shape index (κ3) is 1.25. The highest BCUT2D eigenvalue weighted by Gasteiger charge is 2.10. The van der Waals surface area contributed by atoms with Gasteiger partial charge >= 0.3 is 0 Å². The molecule has 0 fully saturated rings. The zero-order chi connectivity index (χ0) is 9.42. The van der Waals surface area contributed by atoms with Crippen LogP contribution < -0.4 is 0 Å². The van der Waals surface area contributed by atoms with E-state index in [1.807, 2.05) is 0 Å². The molecule has 0 aliphatic carbocycles. The van der Waals surface area contributed by atoms with Crippen LogP contribution in [0.25, 0.3) is 10.9 Å². The highest BCUT2D eigenvalue weighted by atomic mass is 35.5. The van der Waals surface area contributed by atoms with Gasteiger partial charge in [-0.2, -0.15) is 0 Å². The minimum absolute atomic E-state index is 0.0316. The molecular weight excluding hydrogens is 196 g/mol. The minimum atomic E-state index is -0.949. The fourth-order valence-corrected chi connectivity index (χ4v) is 1.38. The number of nitrogens with zero attached hydrogens (tertiary/aromatic N) is 1. The van der Waals surface area contributed by atoms with E-state index in [1.54, 1.807) is 0 Å². The average molecular weight is 200 g/mol. The summed E-state index contributed by atoms with van der Waals surface area (Å²) in [5.74, 6) is -1.86. The Balaban J connectivity index is 2.97. The number of fused-ring (bicyclic) bond motifs is 1. The topological polar surface area (TPSA) is 12.9 Å². The Morgan fingerprint density at radius 2 is 1.92 bits per heavy atom. The van der Waals surface area contributed by atoms with Gasteiger partial charge in [0, 0.05) is 6.20 Å². The zero-order valence-electron chi connectivity index (χ0n) is 6.39. The maximum absolute atomic E-state index is 13.2. The summed E-state index contributed by atoms with van der Waals surface area (Å²) in [5.41, 5.74) is 0.353. The number of halogens is 3. The number of pyridine rings is 1. The molecule has 0 radical (unpaired) electrons. The molecule has 66 valence electrons. The molecule has 0 N–H and O–H groups in total. The Morgan fingerprint density at radius 1 is 1.15 bits per heavy atom. The van der Waals surface area contributed by atoms with Crippen LogP contribution in [0.1, 0.15) is 0 Å². The van der Waals surface area contributed by atoms with Crippen LogP contribution in [0.2, 0.25) is 5.02 Å². The predicted octanol–water partition coefficient (Wildman–Crippen LogP) is 3.17. The summed E-state index contributed by atoms with van der Waals surface area (Å²) in [6, 6.07) is 3.84. The molecule has 0 saturated heterocycles. The molecule has 0 bridgehead atoms. The molecule has 2 rings (SSSR count). The molecule has 0 saturated carbocycles. The largest absolute Gasteiger partial charge is 0.256 e. The molecule has 0 atom stereocenters. The molecule has 1 aromatic carbocycles. The number of hydrogen-bond acceptors (Lipinski definition) is 1. The molecule has 2 aromatic rings. The van der Waals surface area contributed by atoms with Crippen molar-refractivity contribution in [1.82, 2.24) is 4.98 Å². The Labute approximate surface area is 78.0 Å². The van der Waals surface area contributed by atoms with E-state index in [-0.39, 0.29) is 10.4 Å². The Kier molecular flexibility index (Phi) is 1.88. The Bertz CT molecular complexity index is 470. The lowest BCUT2D eigenvalue weighted by Gasteiger charge is -2.00. The first kappa shape index (κ1) is 8.38. The van der Waals surface area contributed by atoms with E-state index in [4.69, 9.17) is 11.6 Å². The fraction of sp³-hybridized carbons (Fsp3) is 0. The molecule has 0 aliphatic heterocycles. The summed E-state index contributed by atoms with van der Waals surface area (Å²) in [7, 11) is 0. The predicted molar refractivity (Wildman–Crippen MR) is 46.7 cm³/mol. The van der Waals surface area contributed by atoms with Gasteiger partial charge in [-0.15, -0.1) is 0 Å². The maximum atomic E-state index is 13.2. The van der Waals surface area contributed by atoms with Gasteiger partial charge in [0.25, 0.3) is 0 Å². The fourth-order valence-electron chi connectivity index (χ4n) is 1.14. The standard InChI is InChI=1S/C9H4ClF2N/c10-5-3-4-13-7-2-1-6(11)9(12)8(5)7/h1-4H. The number of aromatic nitrogens is 1. The van der Waals surface area contributed by atoms with E-state index in [9.17, 15) is 8.78 Å². The second-order valence-electron chi connectivity index (χ2n) is 2.55. The maximum Gasteiger partial charge on any atom is 0.169 e. The van der Waals surface area contributed by atoms with Crippen LogP contribution in [0.5, 0.6) is 0 Å². The van der Waals surface area contributed by atoms with Gasteiger partial charge in [0.2, 0.25) is 0 Å². The molecule has 1 aromatic heterocycles. The molecule has 0 amide bonds. The lowest BCUT2D eigenvalue weighted by atomic mass is 10.2. The van der Waals surface area contributed by atoms with Gasteiger partial charge in [0.15, 0.2) is 11.6 Å². The SMILES string of the molecule is Fc1ccc2nccc(Cl)c2c1F. The Morgan fingerprint density at radius 3 is 2.69 bits per heavy atom. The van der Waals surface area contributed by atoms with Crippen LogP contribution in [-0.4, -0.2) is 4.98 Å². The van der Waals surface area contributed by atoms with Crippen molar-refractivity contribution in [3.8, 4) is 0 Å². The first-order chi connectivity index (χ1) is 6.20. The molecular formula is C9H4ClF2N. The number of rotatable bonds is 0. The second kappa shape index (κ2) is 2.92. The Hall–Kier alpha value is -1.22. The van der Waals surface area contributed by atoms with E-state index in [2.05, 4.69) is 4.98 Å². The summed E-state index contributed by atoms with van der Waals surface area (Å²) in [5, 5.41) is 0.200. The smallest absolute Gasteiger partial charge is 0.169 e. The number of benzene rings is 1. The normalized spacial score (nSPS) is 10.7. The van der Waals surface area contributed by atoms with Gasteiger partial charge in [0.05, 0.1) is 15.9 Å². The summed E-state index contributed by atoms with van der Waals surface area (Å²) in [6.45, 7) is 0. The highest BCUT2D eigenvalue weighted by Crippen LogP contribution is 2.25. The molecule has 4 heteroatoms. The van der Waals surface area contributed by atoms with Crippen LogP contribution in [0, 0.1) is 11.6 Å². The van der Waals surface area contributed by atoms with E-state index in [0.29, 0.717) is 5.52 Å². The van der Waals surface area contributed by atoms with Gasteiger partial charge in [-0.05, 0) is 18.2 Å². The van der Waals surface area contributed by atoms with Crippen LogP contribution >= 0.6 is 11.6 Å². The monoisotopic (exact) mass is 199 g/mol. The van der Waals surface area contributed by atoms with Crippen molar-refractivity contribution in [2.24, 2.45) is 0 Å². The lowest BCUT2D eigenvalue weighted by Crippen LogP contribution is -1.88. The third-order valence-electron chi connectivity index (χ3n) is 1.75. The molecule has 1 heterocycles. The average Bonchev–Trinajstić information content (AvgIpc) is 2.12. The van der Waals surface area contributed by atoms with Gasteiger partial charge in [-0.3, -0.25) is 4.98 Å². The van der Waals surface area contributed by atoms with Gasteiger partial charge in [0.1, 0.15) is 0 Å². The van der Waals surface area contributed by atoms with E-state index in [1.165, 1.54) is 18.3 Å². The van der Waals surface area contributed by atoms with Gasteiger partial charge in [-0.25, -0.2) is 8.78 Å². The van der Waals surface area contributed by atoms with Crippen LogP contribution in [0.15, 0.2) is 24.4 Å². The van der Waals surface area contributed by atoms with Crippen molar-refractivity contribution in [3.63, 3.8) is 0 Å². The molecule has 13 heavy (non-hydrogen) atoms. The van der Waals surface area contributed by atoms with Crippen LogP contribution in [-0.2, 0) is 0 Å². The second-order valence-corrected chi connectivity index (χ2v) is 2.96. The van der Waals surface area contributed by atoms with E-state index < -0.39 is 11.6 Å². The van der Waals surface area contributed by atoms with Crippen molar-refractivity contribution >= 4 is 22.5 Å². The summed E-state index contributed by atoms with van der Waals surface area (Å²) in [6.07, 6.45) is 1.45. The summed E-state index contributed by atoms with van der Waals surface area (Å²) >= 11 is 5.69. The van der Waals surface area contributed by atoms with Crippen molar-refractivity contribution in [2.75, 3.05) is 0 Å². The number of hydrogen-bond donors (Lipinski definition) is 0. The quantitative estimate of drug-likeness (QED) is 0.635. The first-order valence-corrected chi connectivity index (χ1v) is 3.96. The zero-order valence-corrected chi connectivity index (χ0v) is 7.15. The van der Waals surface area contributed by atoms with Crippen molar-refractivity contribution in [1.29, 1.82) is 0 Å². The molecule has 0 unspecified atom stereocenters. The minimum Gasteiger partial charge on any atom is -0.256 e. The summed E-state index contributed by atoms with van der Waals surface area (Å²) < 4.78 is 25.9. The molecule has 0 spiro atoms. The molecule has 0 aliphatic rings. The van der Waals surface area contributed by atoms with Crippen molar-refractivity contribution in [3.05, 3.63) is 41.1 Å². The van der Waals surface area contributed by atoms with Gasteiger partial charge < -0.3 is 0 Å². The van der Waals surface area contributed by atoms with E-state index >= 15 is 0 Å².